The van der Waals surface area contributed by atoms with E-state index >= 15 is 0 Å². The Balaban J connectivity index is 2.27. The number of carbonyl (C=O) groups excluding carboxylic acids is 1. The molecule has 1 N–H and O–H groups in total. The van der Waals surface area contributed by atoms with Gasteiger partial charge in [-0.2, -0.15) is 0 Å². The minimum absolute atomic E-state index is 0.0353. The fraction of sp³-hybridized carbons (Fsp3) is 0.300. The molecule has 1 amide bonds. The highest BCUT2D eigenvalue weighted by Crippen LogP contribution is 2.19. The van der Waals surface area contributed by atoms with Crippen LogP contribution < -0.4 is 5.32 Å². The molecule has 1 aromatic heterocycles. The van der Waals surface area contributed by atoms with Crippen LogP contribution in [0.4, 0.5) is 8.78 Å². The smallest absolute Gasteiger partial charge is 0.280 e. The van der Waals surface area contributed by atoms with Gasteiger partial charge in [-0.3, -0.25) is 4.79 Å². The van der Waals surface area contributed by atoms with Crippen molar-refractivity contribution in [1.29, 1.82) is 0 Å². The Morgan fingerprint density at radius 2 is 1.93 bits per heavy atom. The van der Waals surface area contributed by atoms with Gasteiger partial charge in [-0.1, -0.05) is 34.6 Å². The third kappa shape index (κ3) is 5.56. The number of nitrogens with one attached hydrogen (secondary N) is 1. The zero-order chi connectivity index (χ0) is 21.4. The number of benzene rings is 1. The highest BCUT2D eigenvalue weighted by Gasteiger charge is 2.19. The third-order valence-electron chi connectivity index (χ3n) is 4.07. The molecular weight excluding hydrogens is 382 g/mol. The molecule has 0 saturated carbocycles. The summed E-state index contributed by atoms with van der Waals surface area (Å²) in [6.45, 7) is 3.51. The zero-order valence-electron chi connectivity index (χ0n) is 16.6. The second-order valence-electron chi connectivity index (χ2n) is 6.00. The van der Waals surface area contributed by atoms with Crippen molar-refractivity contribution in [3.63, 3.8) is 0 Å². The lowest BCUT2D eigenvalue weighted by molar-refractivity contribution is -0.114. The lowest BCUT2D eigenvalue weighted by atomic mass is 9.98. The van der Waals surface area contributed by atoms with E-state index in [4.69, 9.17) is 9.68 Å². The summed E-state index contributed by atoms with van der Waals surface area (Å²) in [6, 6.07) is 9.68. The average molecular weight is 404 g/mol. The molecule has 0 aliphatic rings. The first-order valence-corrected chi connectivity index (χ1v) is 8.73. The Morgan fingerprint density at radius 1 is 1.21 bits per heavy atom. The topological polar surface area (TPSA) is 85.2 Å². The van der Waals surface area contributed by atoms with E-state index in [1.54, 1.807) is 25.1 Å². The number of nitrogens with zero attached hydrogens (tertiary/aromatic N) is 3. The molecule has 29 heavy (non-hydrogen) atoms. The standard InChI is InChI=1S/C20H22F2N4O3/c1-12-7-5-8-14(18(26-28-4)20(27)23-3)15(12)11-29-25-13(2)16-9-6-10-17(24-16)19(21)22/h5-10,19H,11H2,1-4H3,(H,23,27)/b25-13+,26-18+. The van der Waals surface area contributed by atoms with E-state index in [1.807, 2.05) is 13.0 Å². The molecule has 0 atom stereocenters. The highest BCUT2D eigenvalue weighted by atomic mass is 19.3. The zero-order valence-corrected chi connectivity index (χ0v) is 16.6. The van der Waals surface area contributed by atoms with Crippen LogP contribution in [0.5, 0.6) is 0 Å². The van der Waals surface area contributed by atoms with E-state index in [9.17, 15) is 13.6 Å². The van der Waals surface area contributed by atoms with Crippen LogP contribution in [0.2, 0.25) is 0 Å². The second kappa shape index (κ2) is 10.3. The van der Waals surface area contributed by atoms with E-state index in [1.165, 1.54) is 26.3 Å². The van der Waals surface area contributed by atoms with Crippen LogP contribution in [0.3, 0.4) is 0 Å². The van der Waals surface area contributed by atoms with E-state index in [0.29, 0.717) is 22.5 Å². The molecule has 0 aliphatic carbocycles. The van der Waals surface area contributed by atoms with Gasteiger partial charge in [0.1, 0.15) is 25.1 Å². The fourth-order valence-corrected chi connectivity index (χ4v) is 2.55. The number of hydrogen-bond acceptors (Lipinski definition) is 6. The van der Waals surface area contributed by atoms with Crippen molar-refractivity contribution in [2.24, 2.45) is 10.3 Å². The summed E-state index contributed by atoms with van der Waals surface area (Å²) < 4.78 is 25.6. The number of hydrogen-bond donors (Lipinski definition) is 1. The molecule has 7 nitrogen and oxygen atoms in total. The van der Waals surface area contributed by atoms with Crippen LogP contribution in [0.25, 0.3) is 0 Å². The molecule has 1 heterocycles. The quantitative estimate of drug-likeness (QED) is 0.540. The molecule has 0 fully saturated rings. The Morgan fingerprint density at radius 3 is 2.59 bits per heavy atom. The molecule has 0 aliphatic heterocycles. The number of rotatable bonds is 8. The fourth-order valence-electron chi connectivity index (χ4n) is 2.55. The van der Waals surface area contributed by atoms with Gasteiger partial charge < -0.3 is 15.0 Å². The number of aryl methyl sites for hydroxylation is 1. The Bertz CT molecular complexity index is 930. The van der Waals surface area contributed by atoms with Crippen LogP contribution in [0.1, 0.15) is 41.4 Å². The molecule has 2 aromatic rings. The molecular formula is C20H22F2N4O3. The van der Waals surface area contributed by atoms with Gasteiger partial charge in [-0.05, 0) is 31.5 Å². The molecule has 154 valence electrons. The van der Waals surface area contributed by atoms with Crippen molar-refractivity contribution in [2.45, 2.75) is 26.9 Å². The van der Waals surface area contributed by atoms with Gasteiger partial charge in [-0.15, -0.1) is 0 Å². The minimum atomic E-state index is -2.67. The molecule has 0 saturated heterocycles. The number of halogens is 2. The molecule has 2 rings (SSSR count). The summed E-state index contributed by atoms with van der Waals surface area (Å²) in [4.78, 5) is 26.3. The molecule has 0 unspecified atom stereocenters. The van der Waals surface area contributed by atoms with Crippen molar-refractivity contribution in [3.8, 4) is 0 Å². The van der Waals surface area contributed by atoms with Crippen LogP contribution >= 0.6 is 0 Å². The minimum Gasteiger partial charge on any atom is -0.398 e. The van der Waals surface area contributed by atoms with E-state index < -0.39 is 12.3 Å². The van der Waals surface area contributed by atoms with E-state index in [-0.39, 0.29) is 18.0 Å². The monoisotopic (exact) mass is 404 g/mol. The first-order valence-electron chi connectivity index (χ1n) is 8.73. The van der Waals surface area contributed by atoms with Crippen LogP contribution in [0.15, 0.2) is 46.7 Å². The van der Waals surface area contributed by atoms with Gasteiger partial charge >= 0.3 is 0 Å². The number of oxime groups is 2. The van der Waals surface area contributed by atoms with Gasteiger partial charge in [0.05, 0.1) is 5.69 Å². The largest absolute Gasteiger partial charge is 0.398 e. The maximum Gasteiger partial charge on any atom is 0.280 e. The van der Waals surface area contributed by atoms with Gasteiger partial charge in [-0.25, -0.2) is 13.8 Å². The number of likely N-dealkylation sites (N-methyl/N-ethyl adjacent to an activating group) is 1. The second-order valence-corrected chi connectivity index (χ2v) is 6.00. The normalized spacial score (nSPS) is 12.1. The predicted molar refractivity (Wildman–Crippen MR) is 105 cm³/mol. The maximum atomic E-state index is 12.8. The van der Waals surface area contributed by atoms with E-state index in [2.05, 4.69) is 20.6 Å². The highest BCUT2D eigenvalue weighted by molar-refractivity contribution is 6.45. The summed E-state index contributed by atoms with van der Waals surface area (Å²) in [5.41, 5.74) is 2.50. The van der Waals surface area contributed by atoms with Crippen LogP contribution in [0, 0.1) is 6.92 Å². The summed E-state index contributed by atoms with van der Waals surface area (Å²) in [7, 11) is 2.84. The SMILES string of the molecule is CNC(=O)/C(=N/OC)c1cccc(C)c1CO/N=C(\C)c1cccc(C(F)F)n1. The predicted octanol–water partition coefficient (Wildman–Crippen LogP) is 3.36. The Labute approximate surface area is 167 Å². The van der Waals surface area contributed by atoms with Crippen molar-refractivity contribution in [3.05, 3.63) is 64.5 Å². The first kappa shape index (κ1) is 21.9. The van der Waals surface area contributed by atoms with Gasteiger partial charge in [0, 0.05) is 18.2 Å². The van der Waals surface area contributed by atoms with Crippen molar-refractivity contribution >= 4 is 17.3 Å². The summed E-state index contributed by atoms with van der Waals surface area (Å²) >= 11 is 0. The number of carbonyl (C=O) groups is 1. The average Bonchev–Trinajstić information content (AvgIpc) is 2.72. The number of aromatic nitrogens is 1. The molecule has 0 radical (unpaired) electrons. The lowest BCUT2D eigenvalue weighted by Gasteiger charge is -2.13. The Kier molecular flexibility index (Phi) is 7.76. The van der Waals surface area contributed by atoms with Crippen molar-refractivity contribution in [2.75, 3.05) is 14.2 Å². The number of amides is 1. The molecule has 1 aromatic carbocycles. The third-order valence-corrected chi connectivity index (χ3v) is 4.07. The number of alkyl halides is 2. The van der Waals surface area contributed by atoms with Crippen LogP contribution in [-0.2, 0) is 21.1 Å². The summed E-state index contributed by atoms with van der Waals surface area (Å²) in [5.74, 6) is -0.411. The van der Waals surface area contributed by atoms with Gasteiger partial charge in [0.25, 0.3) is 12.3 Å². The maximum absolute atomic E-state index is 12.8. The van der Waals surface area contributed by atoms with Crippen molar-refractivity contribution in [1.82, 2.24) is 10.3 Å². The van der Waals surface area contributed by atoms with Crippen molar-refractivity contribution < 1.29 is 23.3 Å². The van der Waals surface area contributed by atoms with Gasteiger partial charge in [0.2, 0.25) is 0 Å². The van der Waals surface area contributed by atoms with Gasteiger partial charge in [0.15, 0.2) is 5.71 Å². The molecule has 0 bridgehead atoms. The van der Waals surface area contributed by atoms with Crippen LogP contribution in [-0.4, -0.2) is 36.5 Å². The summed E-state index contributed by atoms with van der Waals surface area (Å²) in [6.07, 6.45) is -2.67. The summed E-state index contributed by atoms with van der Waals surface area (Å²) in [5, 5.41) is 10.3. The first-order chi connectivity index (χ1) is 13.9. The molecule has 9 heteroatoms. The Hall–Kier alpha value is -3.36. The number of pyridine rings is 1. The molecule has 0 spiro atoms. The van der Waals surface area contributed by atoms with E-state index in [0.717, 1.165) is 5.56 Å². The lowest BCUT2D eigenvalue weighted by Crippen LogP contribution is -2.29.